The van der Waals surface area contributed by atoms with Crippen molar-refractivity contribution in [1.29, 1.82) is 0 Å². The number of carbonyl (C=O) groups excluding carboxylic acids is 2. The smallest absolute Gasteiger partial charge is 0.357 e. The van der Waals surface area contributed by atoms with Crippen LogP contribution in [0.15, 0.2) is 12.1 Å². The SMILES string of the molecule is CCOC(=O)c1ccc(C)c(C(=O)OCC)n1. The molecule has 0 unspecified atom stereocenters. The average Bonchev–Trinajstić information content (AvgIpc) is 2.30. The van der Waals surface area contributed by atoms with Crippen molar-refractivity contribution in [2.24, 2.45) is 0 Å². The Balaban J connectivity index is 3.02. The number of nitrogens with zero attached hydrogens (tertiary/aromatic N) is 1. The number of hydrogen-bond acceptors (Lipinski definition) is 5. The molecule has 0 fully saturated rings. The molecule has 0 aliphatic rings. The Hall–Kier alpha value is -1.91. The topological polar surface area (TPSA) is 65.5 Å². The zero-order chi connectivity index (χ0) is 12.8. The largest absolute Gasteiger partial charge is 0.461 e. The Morgan fingerprint density at radius 1 is 1.12 bits per heavy atom. The van der Waals surface area contributed by atoms with Crippen LogP contribution in [0.3, 0.4) is 0 Å². The highest BCUT2D eigenvalue weighted by molar-refractivity contribution is 5.92. The van der Waals surface area contributed by atoms with Gasteiger partial charge in [0.05, 0.1) is 13.2 Å². The minimum atomic E-state index is -0.543. The minimum Gasteiger partial charge on any atom is -0.461 e. The van der Waals surface area contributed by atoms with Crippen molar-refractivity contribution < 1.29 is 19.1 Å². The third-order valence-corrected chi connectivity index (χ3v) is 2.05. The predicted octanol–water partition coefficient (Wildman–Crippen LogP) is 1.74. The highest BCUT2D eigenvalue weighted by atomic mass is 16.5. The van der Waals surface area contributed by atoms with Crippen LogP contribution < -0.4 is 0 Å². The zero-order valence-electron chi connectivity index (χ0n) is 10.1. The second kappa shape index (κ2) is 5.98. The van der Waals surface area contributed by atoms with Crippen LogP contribution in [0.25, 0.3) is 0 Å². The molecule has 0 spiro atoms. The highest BCUT2D eigenvalue weighted by Gasteiger charge is 2.16. The fourth-order valence-electron chi connectivity index (χ4n) is 1.25. The van der Waals surface area contributed by atoms with Crippen LogP contribution in [0.2, 0.25) is 0 Å². The van der Waals surface area contributed by atoms with Gasteiger partial charge in [-0.25, -0.2) is 14.6 Å². The average molecular weight is 237 g/mol. The van der Waals surface area contributed by atoms with E-state index in [0.717, 1.165) is 0 Å². The first kappa shape index (κ1) is 13.2. The van der Waals surface area contributed by atoms with Crippen LogP contribution in [0, 0.1) is 6.92 Å². The summed E-state index contributed by atoms with van der Waals surface area (Å²) in [6, 6.07) is 3.17. The molecule has 0 N–H and O–H groups in total. The molecule has 92 valence electrons. The molecule has 1 heterocycles. The van der Waals surface area contributed by atoms with Gasteiger partial charge in [-0.1, -0.05) is 6.07 Å². The minimum absolute atomic E-state index is 0.112. The summed E-state index contributed by atoms with van der Waals surface area (Å²) in [6.07, 6.45) is 0. The number of hydrogen-bond donors (Lipinski definition) is 0. The predicted molar refractivity (Wildman–Crippen MR) is 60.9 cm³/mol. The van der Waals surface area contributed by atoms with Crippen molar-refractivity contribution in [3.8, 4) is 0 Å². The summed E-state index contributed by atoms with van der Waals surface area (Å²) in [5.41, 5.74) is 0.925. The van der Waals surface area contributed by atoms with Gasteiger partial charge in [-0.15, -0.1) is 0 Å². The molecule has 0 saturated carbocycles. The molecule has 1 rings (SSSR count). The molecule has 0 atom stereocenters. The van der Waals surface area contributed by atoms with E-state index in [1.807, 2.05) is 0 Å². The normalized spacial score (nSPS) is 9.82. The van der Waals surface area contributed by atoms with Gasteiger partial charge >= 0.3 is 11.9 Å². The first-order valence-corrected chi connectivity index (χ1v) is 5.42. The van der Waals surface area contributed by atoms with Crippen molar-refractivity contribution in [2.45, 2.75) is 20.8 Å². The van der Waals surface area contributed by atoms with Crippen molar-refractivity contribution >= 4 is 11.9 Å². The summed E-state index contributed by atoms with van der Waals surface area (Å²) >= 11 is 0. The maximum atomic E-state index is 11.6. The van der Waals surface area contributed by atoms with E-state index in [9.17, 15) is 9.59 Å². The molecule has 5 nitrogen and oxygen atoms in total. The zero-order valence-corrected chi connectivity index (χ0v) is 10.1. The second-order valence-corrected chi connectivity index (χ2v) is 3.30. The van der Waals surface area contributed by atoms with Crippen molar-refractivity contribution in [3.63, 3.8) is 0 Å². The molecule has 0 aliphatic carbocycles. The van der Waals surface area contributed by atoms with Crippen LogP contribution in [-0.2, 0) is 9.47 Å². The van der Waals surface area contributed by atoms with Crippen LogP contribution in [0.4, 0.5) is 0 Å². The number of aromatic nitrogens is 1. The maximum absolute atomic E-state index is 11.6. The number of carbonyl (C=O) groups is 2. The van der Waals surface area contributed by atoms with Crippen LogP contribution >= 0.6 is 0 Å². The Morgan fingerprint density at radius 2 is 1.71 bits per heavy atom. The van der Waals surface area contributed by atoms with E-state index < -0.39 is 11.9 Å². The van der Waals surface area contributed by atoms with E-state index >= 15 is 0 Å². The summed E-state index contributed by atoms with van der Waals surface area (Å²) in [6.45, 7) is 5.68. The fraction of sp³-hybridized carbons (Fsp3) is 0.417. The van der Waals surface area contributed by atoms with E-state index in [4.69, 9.17) is 9.47 Å². The van der Waals surface area contributed by atoms with Gasteiger partial charge in [0.25, 0.3) is 0 Å². The molecular formula is C12H15NO4. The van der Waals surface area contributed by atoms with Gasteiger partial charge in [0.15, 0.2) is 5.69 Å². The lowest BCUT2D eigenvalue weighted by Crippen LogP contribution is -2.14. The van der Waals surface area contributed by atoms with E-state index in [-0.39, 0.29) is 24.6 Å². The summed E-state index contributed by atoms with van der Waals surface area (Å²) in [7, 11) is 0. The molecule has 17 heavy (non-hydrogen) atoms. The first-order chi connectivity index (χ1) is 8.10. The Morgan fingerprint density at radius 3 is 2.29 bits per heavy atom. The third kappa shape index (κ3) is 3.27. The molecule has 0 aliphatic heterocycles. The van der Waals surface area contributed by atoms with Crippen LogP contribution in [0.5, 0.6) is 0 Å². The van der Waals surface area contributed by atoms with Gasteiger partial charge in [0.2, 0.25) is 0 Å². The van der Waals surface area contributed by atoms with Gasteiger partial charge in [0, 0.05) is 0 Å². The molecule has 0 aromatic carbocycles. The van der Waals surface area contributed by atoms with Gasteiger partial charge in [-0.05, 0) is 32.4 Å². The second-order valence-electron chi connectivity index (χ2n) is 3.30. The van der Waals surface area contributed by atoms with Crippen molar-refractivity contribution in [2.75, 3.05) is 13.2 Å². The number of rotatable bonds is 4. The van der Waals surface area contributed by atoms with Gasteiger partial charge in [-0.2, -0.15) is 0 Å². The monoisotopic (exact) mass is 237 g/mol. The number of pyridine rings is 1. The lowest BCUT2D eigenvalue weighted by Gasteiger charge is -2.06. The van der Waals surface area contributed by atoms with Gasteiger partial charge in [0.1, 0.15) is 5.69 Å². The molecule has 5 heteroatoms. The fourth-order valence-corrected chi connectivity index (χ4v) is 1.25. The Kier molecular flexibility index (Phi) is 4.63. The van der Waals surface area contributed by atoms with E-state index in [1.54, 1.807) is 26.8 Å². The lowest BCUT2D eigenvalue weighted by molar-refractivity contribution is 0.0511. The molecule has 1 aromatic rings. The maximum Gasteiger partial charge on any atom is 0.357 e. The van der Waals surface area contributed by atoms with Crippen LogP contribution in [0.1, 0.15) is 40.4 Å². The molecule has 0 amide bonds. The van der Waals surface area contributed by atoms with Crippen molar-refractivity contribution in [1.82, 2.24) is 4.98 Å². The van der Waals surface area contributed by atoms with Crippen LogP contribution in [-0.4, -0.2) is 30.1 Å². The van der Waals surface area contributed by atoms with E-state index in [2.05, 4.69) is 4.98 Å². The summed E-state index contributed by atoms with van der Waals surface area (Å²) in [4.78, 5) is 27.0. The highest BCUT2D eigenvalue weighted by Crippen LogP contribution is 2.09. The van der Waals surface area contributed by atoms with Crippen molar-refractivity contribution in [3.05, 3.63) is 29.1 Å². The van der Waals surface area contributed by atoms with Gasteiger partial charge in [-0.3, -0.25) is 0 Å². The van der Waals surface area contributed by atoms with Gasteiger partial charge < -0.3 is 9.47 Å². The van der Waals surface area contributed by atoms with E-state index in [1.165, 1.54) is 6.07 Å². The lowest BCUT2D eigenvalue weighted by atomic mass is 10.2. The molecule has 0 radical (unpaired) electrons. The summed E-state index contributed by atoms with van der Waals surface area (Å²) in [5, 5.41) is 0. The number of esters is 2. The Labute approximate surface area is 99.8 Å². The first-order valence-electron chi connectivity index (χ1n) is 5.42. The van der Waals surface area contributed by atoms with E-state index in [0.29, 0.717) is 5.56 Å². The standard InChI is InChI=1S/C12H15NO4/c1-4-16-11(14)9-7-6-8(3)10(13-9)12(15)17-5-2/h6-7H,4-5H2,1-3H3. The third-order valence-electron chi connectivity index (χ3n) is 2.05. The molecular weight excluding hydrogens is 222 g/mol. The molecule has 0 bridgehead atoms. The summed E-state index contributed by atoms with van der Waals surface area (Å²) in [5.74, 6) is -1.07. The summed E-state index contributed by atoms with van der Waals surface area (Å²) < 4.78 is 9.66. The number of ether oxygens (including phenoxy) is 2. The Bertz CT molecular complexity index is 429. The molecule has 0 saturated heterocycles. The molecule has 1 aromatic heterocycles. The number of aryl methyl sites for hydroxylation is 1. The quantitative estimate of drug-likeness (QED) is 0.746.